The zero-order valence-electron chi connectivity index (χ0n) is 11.8. The number of para-hydroxylation sites is 2. The second-order valence-corrected chi connectivity index (χ2v) is 5.10. The summed E-state index contributed by atoms with van der Waals surface area (Å²) in [5.41, 5.74) is 0.712. The first kappa shape index (κ1) is 16.2. The zero-order valence-corrected chi connectivity index (χ0v) is 12.6. The summed E-state index contributed by atoms with van der Waals surface area (Å²) in [7, 11) is 0. The first-order chi connectivity index (χ1) is 9.52. The van der Waals surface area contributed by atoms with E-state index in [1.165, 1.54) is 0 Å². The Morgan fingerprint density at radius 1 is 1.45 bits per heavy atom. The summed E-state index contributed by atoms with van der Waals surface area (Å²) in [4.78, 5) is 11.6. The van der Waals surface area contributed by atoms with Crippen LogP contribution >= 0.6 is 12.2 Å². The van der Waals surface area contributed by atoms with Gasteiger partial charge in [-0.25, -0.2) is 0 Å². The summed E-state index contributed by atoms with van der Waals surface area (Å²) in [6, 6.07) is 7.38. The minimum atomic E-state index is -0.0954. The van der Waals surface area contributed by atoms with Crippen LogP contribution in [-0.4, -0.2) is 17.6 Å². The summed E-state index contributed by atoms with van der Waals surface area (Å²) in [5, 5.41) is 5.88. The Balaban J connectivity index is 2.61. The third-order valence-electron chi connectivity index (χ3n) is 2.34. The molecule has 0 aliphatic carbocycles. The molecule has 0 radical (unpaired) electrons. The van der Waals surface area contributed by atoms with Crippen LogP contribution in [0.5, 0.6) is 5.75 Å². The van der Waals surface area contributed by atoms with Crippen molar-refractivity contribution in [2.24, 2.45) is 5.92 Å². The molecule has 0 spiro atoms. The molecule has 0 aliphatic heterocycles. The van der Waals surface area contributed by atoms with Crippen molar-refractivity contribution in [1.82, 2.24) is 5.32 Å². The maximum atomic E-state index is 11.6. The third-order valence-corrected chi connectivity index (χ3v) is 2.54. The van der Waals surface area contributed by atoms with Crippen molar-refractivity contribution in [2.45, 2.75) is 20.3 Å². The number of rotatable bonds is 6. The van der Waals surface area contributed by atoms with E-state index < -0.39 is 0 Å². The van der Waals surface area contributed by atoms with Crippen LogP contribution in [0.15, 0.2) is 36.9 Å². The standard InChI is InChI=1S/C15H20N2O2S/c1-4-9-19-13-8-6-5-7-12(13)16-15(20)17-14(18)10-11(2)3/h4-8,11H,1,9-10H2,2-3H3,(H2,16,17,18,20). The molecule has 20 heavy (non-hydrogen) atoms. The molecule has 0 unspecified atom stereocenters. The Labute approximate surface area is 125 Å². The molecule has 1 aromatic rings. The van der Waals surface area contributed by atoms with Crippen LogP contribution in [0, 0.1) is 5.92 Å². The minimum absolute atomic E-state index is 0.0954. The summed E-state index contributed by atoms with van der Waals surface area (Å²) in [6.07, 6.45) is 2.11. The predicted octanol–water partition coefficient (Wildman–Crippen LogP) is 3.11. The van der Waals surface area contributed by atoms with Crippen molar-refractivity contribution in [3.8, 4) is 5.75 Å². The smallest absolute Gasteiger partial charge is 0.226 e. The molecule has 0 heterocycles. The second kappa shape index (κ2) is 8.32. The molecular weight excluding hydrogens is 272 g/mol. The first-order valence-electron chi connectivity index (χ1n) is 6.46. The number of carbonyl (C=O) groups excluding carboxylic acids is 1. The molecule has 108 valence electrons. The van der Waals surface area contributed by atoms with Crippen molar-refractivity contribution >= 4 is 28.9 Å². The Morgan fingerprint density at radius 3 is 2.80 bits per heavy atom. The zero-order chi connectivity index (χ0) is 15.0. The van der Waals surface area contributed by atoms with Gasteiger partial charge in [0.2, 0.25) is 5.91 Å². The molecule has 1 rings (SSSR count). The van der Waals surface area contributed by atoms with E-state index in [9.17, 15) is 4.79 Å². The van der Waals surface area contributed by atoms with Crippen LogP contribution in [0.4, 0.5) is 5.69 Å². The molecule has 0 saturated carbocycles. The van der Waals surface area contributed by atoms with Gasteiger partial charge in [0.25, 0.3) is 0 Å². The Bertz CT molecular complexity index is 487. The fourth-order valence-electron chi connectivity index (χ4n) is 1.55. The number of hydrogen-bond donors (Lipinski definition) is 2. The molecule has 0 atom stereocenters. The van der Waals surface area contributed by atoms with E-state index in [1.807, 2.05) is 38.1 Å². The maximum Gasteiger partial charge on any atom is 0.226 e. The van der Waals surface area contributed by atoms with Crippen LogP contribution in [0.25, 0.3) is 0 Å². The van der Waals surface area contributed by atoms with Gasteiger partial charge in [-0.15, -0.1) is 0 Å². The largest absolute Gasteiger partial charge is 0.487 e. The highest BCUT2D eigenvalue weighted by molar-refractivity contribution is 7.80. The Morgan fingerprint density at radius 2 is 2.15 bits per heavy atom. The van der Waals surface area contributed by atoms with Crippen molar-refractivity contribution in [3.05, 3.63) is 36.9 Å². The summed E-state index contributed by atoms with van der Waals surface area (Å²) in [6.45, 7) is 7.97. The molecule has 1 amide bonds. The van der Waals surface area contributed by atoms with E-state index in [0.29, 0.717) is 30.4 Å². The number of carbonyl (C=O) groups is 1. The van der Waals surface area contributed by atoms with Crippen LogP contribution in [0.2, 0.25) is 0 Å². The Kier molecular flexibility index (Phi) is 6.73. The number of hydrogen-bond acceptors (Lipinski definition) is 3. The fraction of sp³-hybridized carbons (Fsp3) is 0.333. The quantitative estimate of drug-likeness (QED) is 0.625. The summed E-state index contributed by atoms with van der Waals surface area (Å²) in [5.74, 6) is 0.857. The highest BCUT2D eigenvalue weighted by Crippen LogP contribution is 2.23. The average Bonchev–Trinajstić information content (AvgIpc) is 2.36. The lowest BCUT2D eigenvalue weighted by Gasteiger charge is -2.14. The fourth-order valence-corrected chi connectivity index (χ4v) is 1.77. The molecule has 1 aromatic carbocycles. The van der Waals surface area contributed by atoms with E-state index in [1.54, 1.807) is 6.08 Å². The van der Waals surface area contributed by atoms with E-state index in [-0.39, 0.29) is 11.0 Å². The van der Waals surface area contributed by atoms with Gasteiger partial charge in [0, 0.05) is 6.42 Å². The number of anilines is 1. The molecule has 0 saturated heterocycles. The number of amides is 1. The normalized spacial score (nSPS) is 9.95. The van der Waals surface area contributed by atoms with Crippen LogP contribution in [0.1, 0.15) is 20.3 Å². The van der Waals surface area contributed by atoms with Gasteiger partial charge in [0.05, 0.1) is 5.69 Å². The highest BCUT2D eigenvalue weighted by atomic mass is 32.1. The topological polar surface area (TPSA) is 50.4 Å². The van der Waals surface area contributed by atoms with Gasteiger partial charge in [0.15, 0.2) is 5.11 Å². The number of nitrogens with one attached hydrogen (secondary N) is 2. The molecule has 2 N–H and O–H groups in total. The van der Waals surface area contributed by atoms with Gasteiger partial charge in [-0.3, -0.25) is 4.79 Å². The predicted molar refractivity (Wildman–Crippen MR) is 86.0 cm³/mol. The lowest BCUT2D eigenvalue weighted by atomic mass is 10.1. The summed E-state index contributed by atoms with van der Waals surface area (Å²) >= 11 is 5.12. The lowest BCUT2D eigenvalue weighted by Crippen LogP contribution is -2.34. The Hall–Kier alpha value is -1.88. The number of thiocarbonyl (C=S) groups is 1. The molecule has 0 aliphatic rings. The van der Waals surface area contributed by atoms with Crippen molar-refractivity contribution in [3.63, 3.8) is 0 Å². The first-order valence-corrected chi connectivity index (χ1v) is 6.87. The minimum Gasteiger partial charge on any atom is -0.487 e. The van der Waals surface area contributed by atoms with Gasteiger partial charge in [0.1, 0.15) is 12.4 Å². The van der Waals surface area contributed by atoms with Gasteiger partial charge < -0.3 is 15.4 Å². The van der Waals surface area contributed by atoms with Gasteiger partial charge in [-0.05, 0) is 30.3 Å². The van der Waals surface area contributed by atoms with Crippen LogP contribution in [0.3, 0.4) is 0 Å². The molecular formula is C15H20N2O2S. The third kappa shape index (κ3) is 5.84. The van der Waals surface area contributed by atoms with Crippen LogP contribution in [-0.2, 0) is 4.79 Å². The van der Waals surface area contributed by atoms with E-state index in [4.69, 9.17) is 17.0 Å². The molecule has 0 aromatic heterocycles. The highest BCUT2D eigenvalue weighted by Gasteiger charge is 2.09. The number of benzene rings is 1. The van der Waals surface area contributed by atoms with Crippen LogP contribution < -0.4 is 15.4 Å². The van der Waals surface area contributed by atoms with Crippen molar-refractivity contribution in [1.29, 1.82) is 0 Å². The van der Waals surface area contributed by atoms with Gasteiger partial charge in [-0.2, -0.15) is 0 Å². The van der Waals surface area contributed by atoms with E-state index in [2.05, 4.69) is 17.2 Å². The molecule has 0 fully saturated rings. The SMILES string of the molecule is C=CCOc1ccccc1NC(=S)NC(=O)CC(C)C. The molecule has 0 bridgehead atoms. The van der Waals surface area contributed by atoms with Gasteiger partial charge in [-0.1, -0.05) is 38.6 Å². The maximum absolute atomic E-state index is 11.6. The van der Waals surface area contributed by atoms with Crippen molar-refractivity contribution < 1.29 is 9.53 Å². The number of ether oxygens (including phenoxy) is 1. The van der Waals surface area contributed by atoms with E-state index in [0.717, 1.165) is 0 Å². The van der Waals surface area contributed by atoms with Gasteiger partial charge >= 0.3 is 0 Å². The second-order valence-electron chi connectivity index (χ2n) is 4.70. The molecule has 5 heteroatoms. The van der Waals surface area contributed by atoms with E-state index >= 15 is 0 Å². The molecule has 4 nitrogen and oxygen atoms in total. The lowest BCUT2D eigenvalue weighted by molar-refractivity contribution is -0.120. The monoisotopic (exact) mass is 292 g/mol. The summed E-state index contributed by atoms with van der Waals surface area (Å²) < 4.78 is 5.50. The van der Waals surface area contributed by atoms with Crippen molar-refractivity contribution in [2.75, 3.05) is 11.9 Å². The average molecular weight is 292 g/mol.